The Balaban J connectivity index is 1.93. The fourth-order valence-corrected chi connectivity index (χ4v) is 3.53. The third-order valence-corrected chi connectivity index (χ3v) is 4.94. The average molecular weight is 360 g/mol. The van der Waals surface area contributed by atoms with E-state index in [9.17, 15) is 10.2 Å². The zero-order valence-electron chi connectivity index (χ0n) is 15.7. The van der Waals surface area contributed by atoms with Crippen molar-refractivity contribution in [3.63, 3.8) is 0 Å². The molecule has 2 aromatic carbocycles. The Morgan fingerprint density at radius 1 is 0.667 bits per heavy atom. The molecule has 0 aliphatic carbocycles. The predicted octanol–water partition coefficient (Wildman–Crippen LogP) is 5.22. The highest BCUT2D eigenvalue weighted by Gasteiger charge is 2.18. The van der Waals surface area contributed by atoms with Gasteiger partial charge in [0.25, 0.3) is 0 Å². The monoisotopic (exact) mass is 360 g/mol. The second-order valence-corrected chi connectivity index (χ2v) is 6.75. The van der Waals surface area contributed by atoms with Gasteiger partial charge in [-0.2, -0.15) is 0 Å². The van der Waals surface area contributed by atoms with Crippen molar-refractivity contribution in [2.45, 2.75) is 27.7 Å². The van der Waals surface area contributed by atoms with Crippen LogP contribution in [-0.4, -0.2) is 20.2 Å². The molecule has 0 aliphatic heterocycles. The van der Waals surface area contributed by atoms with Crippen LogP contribution in [0.1, 0.15) is 22.5 Å². The lowest BCUT2D eigenvalue weighted by atomic mass is 10.1. The van der Waals surface area contributed by atoms with E-state index in [-0.39, 0.29) is 11.5 Å². The van der Waals surface area contributed by atoms with E-state index < -0.39 is 0 Å². The van der Waals surface area contributed by atoms with Gasteiger partial charge in [0.2, 0.25) is 0 Å². The molecule has 0 unspecified atom stereocenters. The van der Waals surface area contributed by atoms with Crippen LogP contribution in [0.2, 0.25) is 0 Å². The minimum Gasteiger partial charge on any atom is -0.506 e. The fraction of sp³-hybridized carbons (Fsp3) is 0.182. The van der Waals surface area contributed by atoms with Gasteiger partial charge in [-0.15, -0.1) is 0 Å². The molecule has 0 radical (unpaired) electrons. The number of phenolic OH excluding ortho intramolecular Hbond substituents is 2. The summed E-state index contributed by atoms with van der Waals surface area (Å²) in [5, 5.41) is 21.9. The smallest absolute Gasteiger partial charge is 0.152 e. The maximum absolute atomic E-state index is 10.1. The first-order chi connectivity index (χ1) is 12.9. The lowest BCUT2D eigenvalue weighted by molar-refractivity contribution is 0.462. The molecule has 0 bridgehead atoms. The maximum atomic E-state index is 10.1. The number of aromatic hydroxyl groups is 2. The number of para-hydroxylation sites is 2. The molecular weight excluding hydrogens is 340 g/mol. The van der Waals surface area contributed by atoms with Crippen LogP contribution >= 0.6 is 0 Å². The van der Waals surface area contributed by atoms with Crippen molar-refractivity contribution in [3.8, 4) is 23.0 Å². The second-order valence-electron chi connectivity index (χ2n) is 6.75. The number of hydrogen-bond acceptors (Lipinski definition) is 5. The van der Waals surface area contributed by atoms with Gasteiger partial charge in [-0.1, -0.05) is 24.3 Å². The number of phenols is 2. The molecule has 5 nitrogen and oxygen atoms in total. The SMILES string of the molecule is Cc1nc2c(O)cccc2c(C)c1Oc1c(C)nc2c(O)cccc2c1C. The molecule has 2 N–H and O–H groups in total. The van der Waals surface area contributed by atoms with Crippen LogP contribution in [0, 0.1) is 27.7 Å². The van der Waals surface area contributed by atoms with E-state index in [1.54, 1.807) is 24.3 Å². The van der Waals surface area contributed by atoms with Crippen molar-refractivity contribution >= 4 is 21.8 Å². The number of aryl methyl sites for hydroxylation is 4. The number of aromatic nitrogens is 2. The average Bonchev–Trinajstić information content (AvgIpc) is 2.63. The summed E-state index contributed by atoms with van der Waals surface area (Å²) in [5.41, 5.74) is 4.32. The first kappa shape index (κ1) is 17.1. The Labute approximate surface area is 156 Å². The van der Waals surface area contributed by atoms with E-state index >= 15 is 0 Å². The van der Waals surface area contributed by atoms with E-state index in [2.05, 4.69) is 9.97 Å². The maximum Gasteiger partial charge on any atom is 0.152 e. The molecule has 5 heteroatoms. The fourth-order valence-electron chi connectivity index (χ4n) is 3.53. The zero-order chi connectivity index (χ0) is 19.3. The second kappa shape index (κ2) is 6.13. The molecule has 0 fully saturated rings. The summed E-state index contributed by atoms with van der Waals surface area (Å²) in [7, 11) is 0. The lowest BCUT2D eigenvalue weighted by Gasteiger charge is -2.18. The standard InChI is InChI=1S/C22H20N2O3/c1-11-15-7-5-9-17(25)19(15)23-13(3)21(11)27-22-12(2)16-8-6-10-18(26)20(16)24-14(22)4/h5-10,25-26H,1-4H3. The summed E-state index contributed by atoms with van der Waals surface area (Å²) in [6, 6.07) is 10.7. The molecule has 0 saturated carbocycles. The number of nitrogens with zero attached hydrogens (tertiary/aromatic N) is 2. The van der Waals surface area contributed by atoms with Gasteiger partial charge in [0.15, 0.2) is 11.5 Å². The largest absolute Gasteiger partial charge is 0.506 e. The van der Waals surface area contributed by atoms with Crippen molar-refractivity contribution in [2.24, 2.45) is 0 Å². The van der Waals surface area contributed by atoms with Crippen LogP contribution in [0.25, 0.3) is 21.8 Å². The van der Waals surface area contributed by atoms with E-state index in [0.29, 0.717) is 33.9 Å². The molecule has 4 aromatic rings. The molecule has 2 heterocycles. The third-order valence-electron chi connectivity index (χ3n) is 4.94. The van der Waals surface area contributed by atoms with E-state index in [1.165, 1.54) is 0 Å². The topological polar surface area (TPSA) is 75.5 Å². The summed E-state index contributed by atoms with van der Waals surface area (Å²) in [4.78, 5) is 9.07. The lowest BCUT2D eigenvalue weighted by Crippen LogP contribution is -2.00. The van der Waals surface area contributed by atoms with Gasteiger partial charge in [0, 0.05) is 21.9 Å². The summed E-state index contributed by atoms with van der Waals surface area (Å²) in [5.74, 6) is 1.61. The van der Waals surface area contributed by atoms with Crippen molar-refractivity contribution in [1.82, 2.24) is 9.97 Å². The van der Waals surface area contributed by atoms with Crippen LogP contribution in [-0.2, 0) is 0 Å². The third kappa shape index (κ3) is 2.63. The minimum atomic E-state index is 0.153. The molecule has 0 spiro atoms. The Morgan fingerprint density at radius 3 is 1.48 bits per heavy atom. The van der Waals surface area contributed by atoms with E-state index in [1.807, 2.05) is 39.8 Å². The first-order valence-electron chi connectivity index (χ1n) is 8.74. The van der Waals surface area contributed by atoms with Crippen LogP contribution in [0.5, 0.6) is 23.0 Å². The molecule has 0 amide bonds. The van der Waals surface area contributed by atoms with Gasteiger partial charge in [0.05, 0.1) is 11.4 Å². The van der Waals surface area contributed by atoms with Crippen LogP contribution in [0.3, 0.4) is 0 Å². The van der Waals surface area contributed by atoms with Crippen molar-refractivity contribution in [2.75, 3.05) is 0 Å². The number of hydrogen-bond donors (Lipinski definition) is 2. The van der Waals surface area contributed by atoms with Gasteiger partial charge < -0.3 is 14.9 Å². The highest BCUT2D eigenvalue weighted by Crippen LogP contribution is 2.39. The molecule has 2 aromatic heterocycles. The molecule has 136 valence electrons. The Hall–Kier alpha value is -3.34. The van der Waals surface area contributed by atoms with Crippen molar-refractivity contribution in [1.29, 1.82) is 0 Å². The van der Waals surface area contributed by atoms with Crippen molar-refractivity contribution < 1.29 is 14.9 Å². The van der Waals surface area contributed by atoms with Gasteiger partial charge in [-0.25, -0.2) is 9.97 Å². The van der Waals surface area contributed by atoms with Crippen LogP contribution in [0.4, 0.5) is 0 Å². The summed E-state index contributed by atoms with van der Waals surface area (Å²) in [6.45, 7) is 7.63. The number of rotatable bonds is 2. The van der Waals surface area contributed by atoms with E-state index in [4.69, 9.17) is 4.74 Å². The Bertz CT molecular complexity index is 1120. The normalized spacial score (nSPS) is 11.3. The van der Waals surface area contributed by atoms with Crippen molar-refractivity contribution in [3.05, 3.63) is 58.9 Å². The Morgan fingerprint density at radius 2 is 1.07 bits per heavy atom. The number of pyridine rings is 2. The van der Waals surface area contributed by atoms with Gasteiger partial charge in [-0.3, -0.25) is 0 Å². The van der Waals surface area contributed by atoms with Crippen LogP contribution < -0.4 is 4.74 Å². The molecule has 27 heavy (non-hydrogen) atoms. The quantitative estimate of drug-likeness (QED) is 0.512. The number of ether oxygens (including phenoxy) is 1. The molecular formula is C22H20N2O3. The summed E-state index contributed by atoms with van der Waals surface area (Å²) < 4.78 is 6.31. The highest BCUT2D eigenvalue weighted by atomic mass is 16.5. The summed E-state index contributed by atoms with van der Waals surface area (Å²) >= 11 is 0. The molecule has 0 aliphatic rings. The van der Waals surface area contributed by atoms with Gasteiger partial charge >= 0.3 is 0 Å². The van der Waals surface area contributed by atoms with Crippen LogP contribution in [0.15, 0.2) is 36.4 Å². The summed E-state index contributed by atoms with van der Waals surface area (Å²) in [6.07, 6.45) is 0. The highest BCUT2D eigenvalue weighted by molar-refractivity contribution is 5.90. The predicted molar refractivity (Wildman–Crippen MR) is 106 cm³/mol. The Kier molecular flexibility index (Phi) is 3.88. The first-order valence-corrected chi connectivity index (χ1v) is 8.74. The van der Waals surface area contributed by atoms with E-state index in [0.717, 1.165) is 21.9 Å². The zero-order valence-corrected chi connectivity index (χ0v) is 15.7. The minimum absolute atomic E-state index is 0.153. The van der Waals surface area contributed by atoms with Gasteiger partial charge in [0.1, 0.15) is 22.5 Å². The van der Waals surface area contributed by atoms with Gasteiger partial charge in [-0.05, 0) is 39.8 Å². The molecule has 4 rings (SSSR count). The number of benzene rings is 2. The number of fused-ring (bicyclic) bond motifs is 2. The molecule has 0 atom stereocenters. The molecule has 0 saturated heterocycles.